The summed E-state index contributed by atoms with van der Waals surface area (Å²) in [5.74, 6) is 0.638. The average molecular weight is 216 g/mol. The molecule has 0 atom stereocenters. The molecular weight excluding hydrogens is 200 g/mol. The molecule has 0 radical (unpaired) electrons. The van der Waals surface area contributed by atoms with Gasteiger partial charge in [-0.2, -0.15) is 5.26 Å². The van der Waals surface area contributed by atoms with E-state index in [-0.39, 0.29) is 0 Å². The van der Waals surface area contributed by atoms with Crippen LogP contribution < -0.4 is 0 Å². The van der Waals surface area contributed by atoms with Crippen molar-refractivity contribution in [3.05, 3.63) is 11.4 Å². The fraction of sp³-hybridized carbons (Fsp3) is 0.750. The zero-order chi connectivity index (χ0) is 11.0. The molecule has 1 aromatic heterocycles. The molecule has 2 fully saturated rings. The Morgan fingerprint density at radius 2 is 2.00 bits per heavy atom. The summed E-state index contributed by atoms with van der Waals surface area (Å²) >= 11 is 0. The Bertz CT molecular complexity index is 419. The Labute approximate surface area is 95.3 Å². The van der Waals surface area contributed by atoms with Crippen molar-refractivity contribution in [1.82, 2.24) is 15.0 Å². The largest absolute Gasteiger partial charge is 0.246 e. The van der Waals surface area contributed by atoms with Gasteiger partial charge in [-0.1, -0.05) is 18.1 Å². The van der Waals surface area contributed by atoms with Gasteiger partial charge in [-0.3, -0.25) is 0 Å². The molecule has 2 aliphatic rings. The third-order valence-corrected chi connectivity index (χ3v) is 3.69. The van der Waals surface area contributed by atoms with Crippen LogP contribution in [-0.4, -0.2) is 15.0 Å². The lowest BCUT2D eigenvalue weighted by atomic mass is 10.1. The Morgan fingerprint density at radius 3 is 2.62 bits per heavy atom. The van der Waals surface area contributed by atoms with Crippen LogP contribution in [0.5, 0.6) is 0 Å². The van der Waals surface area contributed by atoms with Crippen molar-refractivity contribution in [1.29, 1.82) is 5.26 Å². The monoisotopic (exact) mass is 216 g/mol. The van der Waals surface area contributed by atoms with Gasteiger partial charge in [0.1, 0.15) is 5.69 Å². The van der Waals surface area contributed by atoms with Crippen LogP contribution in [0.15, 0.2) is 0 Å². The maximum Gasteiger partial charge on any atom is 0.100 e. The normalized spacial score (nSPS) is 21.2. The van der Waals surface area contributed by atoms with Crippen molar-refractivity contribution < 1.29 is 0 Å². The van der Waals surface area contributed by atoms with E-state index in [1.807, 2.05) is 0 Å². The molecule has 0 spiro atoms. The molecule has 0 aliphatic heterocycles. The number of rotatable bonds is 3. The second-order valence-electron chi connectivity index (χ2n) is 4.91. The van der Waals surface area contributed by atoms with Crippen LogP contribution >= 0.6 is 0 Å². The van der Waals surface area contributed by atoms with Gasteiger partial charge in [0.05, 0.1) is 24.2 Å². The van der Waals surface area contributed by atoms with Crippen LogP contribution in [-0.2, 0) is 6.42 Å². The van der Waals surface area contributed by atoms with E-state index >= 15 is 0 Å². The summed E-state index contributed by atoms with van der Waals surface area (Å²) in [7, 11) is 0. The molecule has 0 aromatic carbocycles. The van der Waals surface area contributed by atoms with Crippen molar-refractivity contribution in [3.63, 3.8) is 0 Å². The Kier molecular flexibility index (Phi) is 2.39. The van der Waals surface area contributed by atoms with Crippen molar-refractivity contribution in [3.8, 4) is 6.07 Å². The Balaban J connectivity index is 1.94. The topological polar surface area (TPSA) is 54.5 Å². The van der Waals surface area contributed by atoms with E-state index in [0.717, 1.165) is 5.69 Å². The Morgan fingerprint density at radius 1 is 1.25 bits per heavy atom. The van der Waals surface area contributed by atoms with Crippen LogP contribution in [0.4, 0.5) is 0 Å². The fourth-order valence-corrected chi connectivity index (χ4v) is 2.73. The van der Waals surface area contributed by atoms with Gasteiger partial charge in [0.15, 0.2) is 0 Å². The summed E-state index contributed by atoms with van der Waals surface area (Å²) in [6.45, 7) is 0. The molecule has 4 nitrogen and oxygen atoms in total. The van der Waals surface area contributed by atoms with Gasteiger partial charge in [0.2, 0.25) is 0 Å². The summed E-state index contributed by atoms with van der Waals surface area (Å²) < 4.78 is 2.14. The molecule has 0 saturated heterocycles. The van der Waals surface area contributed by atoms with Crippen LogP contribution in [0.2, 0.25) is 0 Å². The number of nitriles is 1. The third-order valence-electron chi connectivity index (χ3n) is 3.69. The van der Waals surface area contributed by atoms with Gasteiger partial charge in [-0.25, -0.2) is 4.68 Å². The van der Waals surface area contributed by atoms with E-state index in [9.17, 15) is 0 Å². The first-order chi connectivity index (χ1) is 7.90. The molecule has 2 saturated carbocycles. The van der Waals surface area contributed by atoms with Crippen molar-refractivity contribution >= 4 is 0 Å². The van der Waals surface area contributed by atoms with Crippen LogP contribution in [0.3, 0.4) is 0 Å². The SMILES string of the molecule is N#CCc1nnn(C2CCCC2)c1C1CC1. The predicted octanol–water partition coefficient (Wildman–Crippen LogP) is 2.34. The highest BCUT2D eigenvalue weighted by atomic mass is 15.4. The summed E-state index contributed by atoms with van der Waals surface area (Å²) in [6, 6.07) is 2.75. The van der Waals surface area contributed by atoms with Crippen LogP contribution in [0.25, 0.3) is 0 Å². The first-order valence-electron chi connectivity index (χ1n) is 6.21. The van der Waals surface area contributed by atoms with Gasteiger partial charge in [-0.05, 0) is 25.7 Å². The van der Waals surface area contributed by atoms with E-state index in [1.54, 1.807) is 0 Å². The lowest BCUT2D eigenvalue weighted by Crippen LogP contribution is -2.10. The number of hydrogen-bond donors (Lipinski definition) is 0. The maximum absolute atomic E-state index is 8.79. The molecule has 4 heteroatoms. The molecule has 0 amide bonds. The van der Waals surface area contributed by atoms with E-state index in [4.69, 9.17) is 5.26 Å². The maximum atomic E-state index is 8.79. The predicted molar refractivity (Wildman–Crippen MR) is 58.8 cm³/mol. The van der Waals surface area contributed by atoms with Crippen molar-refractivity contribution in [2.24, 2.45) is 0 Å². The lowest BCUT2D eigenvalue weighted by molar-refractivity contribution is 0.438. The number of aromatic nitrogens is 3. The molecule has 1 aromatic rings. The highest BCUT2D eigenvalue weighted by Crippen LogP contribution is 2.43. The van der Waals surface area contributed by atoms with E-state index in [1.165, 1.54) is 44.2 Å². The lowest BCUT2D eigenvalue weighted by Gasteiger charge is -2.12. The average Bonchev–Trinajstić information content (AvgIpc) is 2.82. The zero-order valence-corrected chi connectivity index (χ0v) is 9.39. The summed E-state index contributed by atoms with van der Waals surface area (Å²) in [5, 5.41) is 17.3. The Hall–Kier alpha value is -1.37. The van der Waals surface area contributed by atoms with E-state index in [0.29, 0.717) is 18.4 Å². The van der Waals surface area contributed by atoms with Crippen LogP contribution in [0.1, 0.15) is 61.9 Å². The molecule has 84 valence electrons. The quantitative estimate of drug-likeness (QED) is 0.779. The van der Waals surface area contributed by atoms with Crippen molar-refractivity contribution in [2.45, 2.75) is 56.9 Å². The molecule has 0 bridgehead atoms. The molecule has 16 heavy (non-hydrogen) atoms. The third kappa shape index (κ3) is 1.60. The number of hydrogen-bond acceptors (Lipinski definition) is 3. The first kappa shape index (κ1) is 9.83. The fourth-order valence-electron chi connectivity index (χ4n) is 2.73. The highest BCUT2D eigenvalue weighted by Gasteiger charge is 2.33. The second kappa shape index (κ2) is 3.89. The molecule has 0 unspecified atom stereocenters. The molecule has 3 rings (SSSR count). The zero-order valence-electron chi connectivity index (χ0n) is 9.39. The summed E-state index contributed by atoms with van der Waals surface area (Å²) in [6.07, 6.45) is 7.99. The first-order valence-corrected chi connectivity index (χ1v) is 6.21. The van der Waals surface area contributed by atoms with Gasteiger partial charge in [-0.15, -0.1) is 5.10 Å². The molecule has 2 aliphatic carbocycles. The minimum absolute atomic E-state index is 0.415. The van der Waals surface area contributed by atoms with E-state index < -0.39 is 0 Å². The van der Waals surface area contributed by atoms with Gasteiger partial charge >= 0.3 is 0 Å². The minimum atomic E-state index is 0.415. The van der Waals surface area contributed by atoms with Crippen molar-refractivity contribution in [2.75, 3.05) is 0 Å². The molecule has 1 heterocycles. The second-order valence-corrected chi connectivity index (χ2v) is 4.91. The van der Waals surface area contributed by atoms with E-state index in [2.05, 4.69) is 21.1 Å². The molecular formula is C12H16N4. The van der Waals surface area contributed by atoms with Gasteiger partial charge in [0, 0.05) is 5.92 Å². The summed E-state index contributed by atoms with van der Waals surface area (Å²) in [5.41, 5.74) is 2.20. The van der Waals surface area contributed by atoms with Crippen LogP contribution in [0, 0.1) is 11.3 Å². The van der Waals surface area contributed by atoms with Gasteiger partial charge < -0.3 is 0 Å². The summed E-state index contributed by atoms with van der Waals surface area (Å²) in [4.78, 5) is 0. The minimum Gasteiger partial charge on any atom is -0.246 e. The standard InChI is InChI=1S/C12H16N4/c13-8-7-11-12(9-5-6-9)16(15-14-11)10-3-1-2-4-10/h9-10H,1-7H2. The number of nitrogens with zero attached hydrogens (tertiary/aromatic N) is 4. The van der Waals surface area contributed by atoms with Gasteiger partial charge in [0.25, 0.3) is 0 Å². The smallest absolute Gasteiger partial charge is 0.100 e. The molecule has 0 N–H and O–H groups in total. The highest BCUT2D eigenvalue weighted by molar-refractivity contribution is 5.23.